The van der Waals surface area contributed by atoms with E-state index in [-0.39, 0.29) is 17.9 Å². The number of carbonyl (C=O) groups is 2. The summed E-state index contributed by atoms with van der Waals surface area (Å²) in [5.41, 5.74) is 2.93. The van der Waals surface area contributed by atoms with Crippen molar-refractivity contribution >= 4 is 17.6 Å². The summed E-state index contributed by atoms with van der Waals surface area (Å²) in [6.45, 7) is 4.37. The Balaban J connectivity index is 1.41. The molecule has 0 aliphatic carbocycles. The molecule has 2 aliphatic heterocycles. The van der Waals surface area contributed by atoms with Crippen LogP contribution in [0.15, 0.2) is 48.5 Å². The third kappa shape index (κ3) is 4.66. The van der Waals surface area contributed by atoms with Gasteiger partial charge >= 0.3 is 6.03 Å². The number of hydrogen-bond acceptors (Lipinski definition) is 4. The first-order chi connectivity index (χ1) is 15.6. The standard InChI is InChI=1S/C25H32N4O3/c1-26-25(31)29-12-6-9-21(18-29)19-7-5-8-20(17-19)24(30)28-15-13-27(14-16-28)22-10-3-4-11-23(22)32-2/h3-5,7-8,10-11,17,21H,6,9,12-16,18H2,1-2H3,(H,26,31). The first-order valence-electron chi connectivity index (χ1n) is 11.3. The van der Waals surface area contributed by atoms with Gasteiger partial charge in [-0.3, -0.25) is 4.79 Å². The average molecular weight is 437 g/mol. The van der Waals surface area contributed by atoms with Gasteiger partial charge in [0.2, 0.25) is 0 Å². The highest BCUT2D eigenvalue weighted by molar-refractivity contribution is 5.94. The molecule has 0 aromatic heterocycles. The smallest absolute Gasteiger partial charge is 0.317 e. The van der Waals surface area contributed by atoms with Gasteiger partial charge in [0.15, 0.2) is 0 Å². The van der Waals surface area contributed by atoms with Crippen LogP contribution >= 0.6 is 0 Å². The van der Waals surface area contributed by atoms with Crippen LogP contribution in [0.3, 0.4) is 0 Å². The van der Waals surface area contributed by atoms with Gasteiger partial charge in [-0.2, -0.15) is 0 Å². The molecule has 0 bridgehead atoms. The van der Waals surface area contributed by atoms with E-state index >= 15 is 0 Å². The van der Waals surface area contributed by atoms with E-state index in [0.29, 0.717) is 19.6 Å². The van der Waals surface area contributed by atoms with Crippen molar-refractivity contribution in [2.45, 2.75) is 18.8 Å². The molecule has 32 heavy (non-hydrogen) atoms. The highest BCUT2D eigenvalue weighted by atomic mass is 16.5. The van der Waals surface area contributed by atoms with Crippen LogP contribution in [-0.2, 0) is 0 Å². The number of methoxy groups -OCH3 is 1. The van der Waals surface area contributed by atoms with Crippen LogP contribution in [0, 0.1) is 0 Å². The summed E-state index contributed by atoms with van der Waals surface area (Å²) >= 11 is 0. The molecule has 2 saturated heterocycles. The number of rotatable bonds is 4. The van der Waals surface area contributed by atoms with Crippen molar-refractivity contribution in [3.63, 3.8) is 0 Å². The van der Waals surface area contributed by atoms with Crippen molar-refractivity contribution in [3.05, 3.63) is 59.7 Å². The molecule has 2 aromatic rings. The molecule has 170 valence electrons. The van der Waals surface area contributed by atoms with Crippen LogP contribution in [-0.4, -0.2) is 75.2 Å². The van der Waals surface area contributed by atoms with Gasteiger partial charge in [0.1, 0.15) is 5.75 Å². The predicted molar refractivity (Wildman–Crippen MR) is 126 cm³/mol. The summed E-state index contributed by atoms with van der Waals surface area (Å²) in [7, 11) is 3.35. The molecule has 1 unspecified atom stereocenters. The van der Waals surface area contributed by atoms with Gasteiger partial charge in [0.05, 0.1) is 12.8 Å². The van der Waals surface area contributed by atoms with Crippen molar-refractivity contribution < 1.29 is 14.3 Å². The first-order valence-corrected chi connectivity index (χ1v) is 11.3. The summed E-state index contributed by atoms with van der Waals surface area (Å²) < 4.78 is 5.49. The molecule has 0 spiro atoms. The largest absolute Gasteiger partial charge is 0.495 e. The summed E-state index contributed by atoms with van der Waals surface area (Å²) in [6.07, 6.45) is 2.00. The second-order valence-electron chi connectivity index (χ2n) is 8.42. The van der Waals surface area contributed by atoms with E-state index in [0.717, 1.165) is 55.0 Å². The number of hydrogen-bond donors (Lipinski definition) is 1. The Morgan fingerprint density at radius 3 is 2.50 bits per heavy atom. The molecule has 7 nitrogen and oxygen atoms in total. The molecule has 2 fully saturated rings. The maximum Gasteiger partial charge on any atom is 0.317 e. The zero-order valence-corrected chi connectivity index (χ0v) is 18.9. The lowest BCUT2D eigenvalue weighted by atomic mass is 9.89. The summed E-state index contributed by atoms with van der Waals surface area (Å²) in [4.78, 5) is 31.3. The highest BCUT2D eigenvalue weighted by Crippen LogP contribution is 2.30. The van der Waals surface area contributed by atoms with Crippen LogP contribution in [0.5, 0.6) is 5.75 Å². The van der Waals surface area contributed by atoms with Crippen molar-refractivity contribution in [2.24, 2.45) is 0 Å². The Labute approximate surface area is 189 Å². The number of piperidine rings is 1. The molecule has 4 rings (SSSR count). The minimum atomic E-state index is -0.0325. The lowest BCUT2D eigenvalue weighted by Crippen LogP contribution is -2.49. The molecular formula is C25H32N4O3. The van der Waals surface area contributed by atoms with Crippen molar-refractivity contribution in [1.29, 1.82) is 0 Å². The van der Waals surface area contributed by atoms with E-state index < -0.39 is 0 Å². The number of likely N-dealkylation sites (tertiary alicyclic amines) is 1. The van der Waals surface area contributed by atoms with Gasteiger partial charge in [0, 0.05) is 57.8 Å². The van der Waals surface area contributed by atoms with E-state index in [1.165, 1.54) is 0 Å². The van der Waals surface area contributed by atoms with E-state index in [2.05, 4.69) is 22.3 Å². The SMILES string of the molecule is CNC(=O)N1CCCC(c2cccc(C(=O)N3CCN(c4ccccc4OC)CC3)c2)C1. The Morgan fingerprint density at radius 2 is 1.75 bits per heavy atom. The second-order valence-corrected chi connectivity index (χ2v) is 8.42. The summed E-state index contributed by atoms with van der Waals surface area (Å²) in [6, 6.07) is 15.9. The van der Waals surface area contributed by atoms with Crippen LogP contribution in [0.25, 0.3) is 0 Å². The molecule has 1 atom stereocenters. The number of nitrogens with zero attached hydrogens (tertiary/aromatic N) is 3. The van der Waals surface area contributed by atoms with E-state index in [4.69, 9.17) is 4.74 Å². The van der Waals surface area contributed by atoms with Crippen molar-refractivity contribution in [1.82, 2.24) is 15.1 Å². The molecule has 2 aliphatic rings. The summed E-state index contributed by atoms with van der Waals surface area (Å²) in [5.74, 6) is 1.19. The Hall–Kier alpha value is -3.22. The van der Waals surface area contributed by atoms with Gasteiger partial charge in [-0.25, -0.2) is 4.79 Å². The molecule has 2 heterocycles. The highest BCUT2D eigenvalue weighted by Gasteiger charge is 2.27. The molecule has 0 radical (unpaired) electrons. The molecule has 1 N–H and O–H groups in total. The van der Waals surface area contributed by atoms with E-state index in [1.54, 1.807) is 14.2 Å². The second kappa shape index (κ2) is 9.94. The number of piperazine rings is 1. The number of para-hydroxylation sites is 2. The first kappa shape index (κ1) is 22.0. The molecule has 3 amide bonds. The number of benzene rings is 2. The predicted octanol–water partition coefficient (Wildman–Crippen LogP) is 3.18. The monoisotopic (exact) mass is 436 g/mol. The van der Waals surface area contributed by atoms with Crippen LogP contribution in [0.2, 0.25) is 0 Å². The maximum atomic E-state index is 13.2. The number of nitrogens with one attached hydrogen (secondary N) is 1. The van der Waals surface area contributed by atoms with Gasteiger partial charge in [-0.05, 0) is 42.7 Å². The Morgan fingerprint density at radius 1 is 0.969 bits per heavy atom. The van der Waals surface area contributed by atoms with Gasteiger partial charge < -0.3 is 24.8 Å². The lowest BCUT2D eigenvalue weighted by molar-refractivity contribution is 0.0746. The van der Waals surface area contributed by atoms with Gasteiger partial charge in [-0.1, -0.05) is 24.3 Å². The zero-order valence-electron chi connectivity index (χ0n) is 18.9. The molecular weight excluding hydrogens is 404 g/mol. The number of ether oxygens (including phenoxy) is 1. The number of carbonyl (C=O) groups excluding carboxylic acids is 2. The van der Waals surface area contributed by atoms with E-state index in [1.807, 2.05) is 46.2 Å². The molecule has 2 aromatic carbocycles. The molecule has 0 saturated carbocycles. The minimum Gasteiger partial charge on any atom is -0.495 e. The fourth-order valence-electron chi connectivity index (χ4n) is 4.74. The third-order valence-corrected chi connectivity index (χ3v) is 6.52. The maximum absolute atomic E-state index is 13.2. The van der Waals surface area contributed by atoms with E-state index in [9.17, 15) is 9.59 Å². The quantitative estimate of drug-likeness (QED) is 0.800. The van der Waals surface area contributed by atoms with Gasteiger partial charge in [-0.15, -0.1) is 0 Å². The molecule has 7 heteroatoms. The lowest BCUT2D eigenvalue weighted by Gasteiger charge is -2.37. The fraction of sp³-hybridized carbons (Fsp3) is 0.440. The van der Waals surface area contributed by atoms with Crippen molar-refractivity contribution in [2.75, 3.05) is 58.3 Å². The zero-order chi connectivity index (χ0) is 22.5. The number of anilines is 1. The topological polar surface area (TPSA) is 65.1 Å². The summed E-state index contributed by atoms with van der Waals surface area (Å²) in [5, 5.41) is 2.72. The van der Waals surface area contributed by atoms with Gasteiger partial charge in [0.25, 0.3) is 5.91 Å². The fourth-order valence-corrected chi connectivity index (χ4v) is 4.74. The Kier molecular flexibility index (Phi) is 6.83. The minimum absolute atomic E-state index is 0.0325. The van der Waals surface area contributed by atoms with Crippen LogP contribution in [0.1, 0.15) is 34.7 Å². The third-order valence-electron chi connectivity index (χ3n) is 6.52. The van der Waals surface area contributed by atoms with Crippen LogP contribution < -0.4 is 15.0 Å². The Bertz CT molecular complexity index is 956. The number of amides is 3. The van der Waals surface area contributed by atoms with Crippen molar-refractivity contribution in [3.8, 4) is 5.75 Å². The average Bonchev–Trinajstić information content (AvgIpc) is 2.88. The normalized spacial score (nSPS) is 18.9. The van der Waals surface area contributed by atoms with Crippen LogP contribution in [0.4, 0.5) is 10.5 Å². The number of urea groups is 1.